The number of anilines is 3. The van der Waals surface area contributed by atoms with Crippen molar-refractivity contribution in [2.75, 3.05) is 55.0 Å². The Bertz CT molecular complexity index is 1190. The molecule has 0 radical (unpaired) electrons. The van der Waals surface area contributed by atoms with Crippen molar-refractivity contribution in [2.45, 2.75) is 12.3 Å². The molecule has 0 saturated carbocycles. The van der Waals surface area contributed by atoms with E-state index < -0.39 is 5.91 Å². The van der Waals surface area contributed by atoms with Gasteiger partial charge in [-0.25, -0.2) is 0 Å². The zero-order chi connectivity index (χ0) is 23.5. The number of aromatic nitrogens is 3. The van der Waals surface area contributed by atoms with Crippen molar-refractivity contribution in [3.8, 4) is 5.75 Å². The molecule has 1 unspecified atom stereocenters. The van der Waals surface area contributed by atoms with Crippen LogP contribution in [0.25, 0.3) is 0 Å². The van der Waals surface area contributed by atoms with E-state index in [1.54, 1.807) is 19.5 Å². The molecular weight excluding hydrogens is 438 g/mol. The van der Waals surface area contributed by atoms with E-state index in [1.165, 1.54) is 4.90 Å². The molecule has 176 valence electrons. The highest BCUT2D eigenvalue weighted by molar-refractivity contribution is 6.03. The van der Waals surface area contributed by atoms with Crippen molar-refractivity contribution < 1.29 is 18.7 Å². The van der Waals surface area contributed by atoms with Crippen LogP contribution in [0.15, 0.2) is 47.1 Å². The third kappa shape index (κ3) is 4.29. The molecule has 2 saturated heterocycles. The Morgan fingerprint density at radius 2 is 2.06 bits per heavy atom. The lowest BCUT2D eigenvalue weighted by Gasteiger charge is -2.30. The predicted molar refractivity (Wildman–Crippen MR) is 124 cm³/mol. The number of carbonyl (C=O) groups is 2. The topological polar surface area (TPSA) is 126 Å². The Morgan fingerprint density at radius 1 is 1.21 bits per heavy atom. The molecule has 2 fully saturated rings. The van der Waals surface area contributed by atoms with Crippen LogP contribution < -0.4 is 25.2 Å². The molecule has 2 N–H and O–H groups in total. The fourth-order valence-electron chi connectivity index (χ4n) is 4.29. The highest BCUT2D eigenvalue weighted by Gasteiger charge is 2.37. The van der Waals surface area contributed by atoms with Gasteiger partial charge in [-0.3, -0.25) is 19.5 Å². The van der Waals surface area contributed by atoms with E-state index in [4.69, 9.17) is 9.15 Å². The minimum absolute atomic E-state index is 0.00839. The van der Waals surface area contributed by atoms with Gasteiger partial charge in [0, 0.05) is 38.9 Å². The lowest BCUT2D eigenvalue weighted by molar-refractivity contribution is -0.118. The molecule has 0 bridgehead atoms. The first kappa shape index (κ1) is 21.8. The van der Waals surface area contributed by atoms with Crippen molar-refractivity contribution in [3.05, 3.63) is 54.2 Å². The Kier molecular flexibility index (Phi) is 6.09. The number of amides is 2. The van der Waals surface area contributed by atoms with Gasteiger partial charge in [0.05, 0.1) is 30.6 Å². The van der Waals surface area contributed by atoms with E-state index in [0.717, 1.165) is 37.4 Å². The second-order valence-electron chi connectivity index (χ2n) is 8.08. The first-order valence-corrected chi connectivity index (χ1v) is 11.1. The van der Waals surface area contributed by atoms with Gasteiger partial charge in [0.15, 0.2) is 0 Å². The average molecular weight is 463 g/mol. The van der Waals surface area contributed by atoms with Gasteiger partial charge >= 0.3 is 17.8 Å². The highest BCUT2D eigenvalue weighted by Crippen LogP contribution is 2.33. The number of rotatable bonds is 6. The zero-order valence-electron chi connectivity index (χ0n) is 18.7. The fraction of sp³-hybridized carbons (Fsp3) is 0.348. The first-order valence-electron chi connectivity index (χ1n) is 11.1. The molecule has 2 aliphatic heterocycles. The van der Waals surface area contributed by atoms with Crippen LogP contribution in [0.2, 0.25) is 0 Å². The van der Waals surface area contributed by atoms with Gasteiger partial charge in [-0.15, -0.1) is 5.10 Å². The van der Waals surface area contributed by atoms with Crippen molar-refractivity contribution in [3.63, 3.8) is 0 Å². The summed E-state index contributed by atoms with van der Waals surface area (Å²) in [6, 6.07) is 9.30. The SMILES string of the molecule is COc1cccc(C2CCN(c3nnc(C(=O)Nc4cnccc4N4CCNCC4)o3)C2=O)c1. The number of nitrogens with zero attached hydrogens (tertiary/aromatic N) is 5. The summed E-state index contributed by atoms with van der Waals surface area (Å²) in [6.07, 6.45) is 3.88. The molecular formula is C23H25N7O4. The molecule has 2 aromatic heterocycles. The zero-order valence-corrected chi connectivity index (χ0v) is 18.7. The summed E-state index contributed by atoms with van der Waals surface area (Å²) in [5, 5.41) is 13.9. The third-order valence-corrected chi connectivity index (χ3v) is 6.05. The molecule has 4 heterocycles. The van der Waals surface area contributed by atoms with Crippen molar-refractivity contribution >= 4 is 29.2 Å². The number of ether oxygens (including phenoxy) is 1. The fourth-order valence-corrected chi connectivity index (χ4v) is 4.29. The summed E-state index contributed by atoms with van der Waals surface area (Å²) < 4.78 is 10.9. The maximum atomic E-state index is 13.0. The van der Waals surface area contributed by atoms with Gasteiger partial charge in [0.2, 0.25) is 5.91 Å². The third-order valence-electron chi connectivity index (χ3n) is 6.05. The molecule has 2 amide bonds. The van der Waals surface area contributed by atoms with Gasteiger partial charge in [-0.2, -0.15) is 0 Å². The molecule has 34 heavy (non-hydrogen) atoms. The Hall–Kier alpha value is -3.99. The lowest BCUT2D eigenvalue weighted by atomic mass is 9.98. The van der Waals surface area contributed by atoms with Crippen molar-refractivity contribution in [2.24, 2.45) is 0 Å². The highest BCUT2D eigenvalue weighted by atomic mass is 16.5. The first-order chi connectivity index (χ1) is 16.6. The van der Waals surface area contributed by atoms with Crippen LogP contribution in [0.3, 0.4) is 0 Å². The minimum Gasteiger partial charge on any atom is -0.497 e. The molecule has 0 spiro atoms. The van der Waals surface area contributed by atoms with Gasteiger partial charge in [0.25, 0.3) is 0 Å². The van der Waals surface area contributed by atoms with Gasteiger partial charge in [-0.05, 0) is 30.2 Å². The standard InChI is InChI=1S/C23H25N7O4/c1-33-16-4-2-3-15(13-16)17-6-10-30(22(17)32)23-28-27-21(34-23)20(31)26-18-14-25-7-5-19(18)29-11-8-24-9-12-29/h2-5,7,13-14,17,24H,6,8-12H2,1H3,(H,26,31). The van der Waals surface area contributed by atoms with E-state index in [2.05, 4.69) is 30.7 Å². The number of hydrogen-bond donors (Lipinski definition) is 2. The van der Waals surface area contributed by atoms with E-state index in [1.807, 2.05) is 30.3 Å². The van der Waals surface area contributed by atoms with Crippen LogP contribution in [-0.4, -0.2) is 66.8 Å². The van der Waals surface area contributed by atoms with E-state index in [-0.39, 0.29) is 23.7 Å². The maximum Gasteiger partial charge on any atom is 0.325 e. The molecule has 3 aromatic rings. The van der Waals surface area contributed by atoms with Gasteiger partial charge in [0.1, 0.15) is 5.75 Å². The van der Waals surface area contributed by atoms with Crippen molar-refractivity contribution in [1.82, 2.24) is 20.5 Å². The van der Waals surface area contributed by atoms with Gasteiger partial charge < -0.3 is 24.7 Å². The number of carbonyl (C=O) groups excluding carboxylic acids is 2. The second-order valence-corrected chi connectivity index (χ2v) is 8.08. The second kappa shape index (κ2) is 9.48. The Morgan fingerprint density at radius 3 is 2.88 bits per heavy atom. The summed E-state index contributed by atoms with van der Waals surface area (Å²) in [6.45, 7) is 3.79. The molecule has 1 aromatic carbocycles. The molecule has 11 nitrogen and oxygen atoms in total. The van der Waals surface area contributed by atoms with Crippen LogP contribution in [-0.2, 0) is 4.79 Å². The number of hydrogen-bond acceptors (Lipinski definition) is 9. The van der Waals surface area contributed by atoms with E-state index in [9.17, 15) is 9.59 Å². The Balaban J connectivity index is 1.29. The number of benzene rings is 1. The predicted octanol–water partition coefficient (Wildman–Crippen LogP) is 1.66. The van der Waals surface area contributed by atoms with E-state index >= 15 is 0 Å². The number of pyridine rings is 1. The molecule has 5 rings (SSSR count). The molecule has 11 heteroatoms. The minimum atomic E-state index is -0.556. The molecule has 0 aliphatic carbocycles. The van der Waals surface area contributed by atoms with Gasteiger partial charge in [-0.1, -0.05) is 17.2 Å². The van der Waals surface area contributed by atoms with Crippen LogP contribution >= 0.6 is 0 Å². The molecule has 2 aliphatic rings. The largest absolute Gasteiger partial charge is 0.497 e. The van der Waals surface area contributed by atoms with Crippen LogP contribution in [0, 0.1) is 0 Å². The van der Waals surface area contributed by atoms with Crippen molar-refractivity contribution in [1.29, 1.82) is 0 Å². The number of methoxy groups -OCH3 is 1. The maximum absolute atomic E-state index is 13.0. The smallest absolute Gasteiger partial charge is 0.325 e. The Labute approximate surface area is 196 Å². The average Bonchev–Trinajstić information content (AvgIpc) is 3.52. The molecule has 1 atom stereocenters. The summed E-state index contributed by atoms with van der Waals surface area (Å²) in [5.41, 5.74) is 2.30. The van der Waals surface area contributed by atoms with Crippen LogP contribution in [0.1, 0.15) is 28.6 Å². The monoisotopic (exact) mass is 463 g/mol. The van der Waals surface area contributed by atoms with Crippen LogP contribution in [0.5, 0.6) is 5.75 Å². The van der Waals surface area contributed by atoms with Crippen LogP contribution in [0.4, 0.5) is 17.4 Å². The summed E-state index contributed by atoms with van der Waals surface area (Å²) in [4.78, 5) is 33.6. The summed E-state index contributed by atoms with van der Waals surface area (Å²) in [7, 11) is 1.59. The quantitative estimate of drug-likeness (QED) is 0.561. The number of piperazine rings is 1. The normalized spacial score (nSPS) is 18.3. The lowest BCUT2D eigenvalue weighted by Crippen LogP contribution is -2.43. The summed E-state index contributed by atoms with van der Waals surface area (Å²) in [5.74, 6) is -0.577. The summed E-state index contributed by atoms with van der Waals surface area (Å²) >= 11 is 0. The van der Waals surface area contributed by atoms with E-state index in [0.29, 0.717) is 24.4 Å². The number of nitrogens with one attached hydrogen (secondary N) is 2.